The van der Waals surface area contributed by atoms with Crippen LogP contribution in [0.3, 0.4) is 0 Å². The van der Waals surface area contributed by atoms with E-state index in [1.807, 2.05) is 6.92 Å². The minimum atomic E-state index is -3.02. The highest BCUT2D eigenvalue weighted by molar-refractivity contribution is 7.91. The Kier molecular flexibility index (Phi) is 3.91. The van der Waals surface area contributed by atoms with Crippen LogP contribution in [-0.2, 0) is 14.6 Å². The second-order valence-corrected chi connectivity index (χ2v) is 7.06. The highest BCUT2D eigenvalue weighted by Crippen LogP contribution is 2.16. The second-order valence-electron chi connectivity index (χ2n) is 4.83. The lowest BCUT2D eigenvalue weighted by molar-refractivity contribution is -0.116. The number of hydrogen-bond acceptors (Lipinski definition) is 5. The minimum Gasteiger partial charge on any atom is -0.323 e. The van der Waals surface area contributed by atoms with Gasteiger partial charge in [-0.1, -0.05) is 0 Å². The van der Waals surface area contributed by atoms with E-state index >= 15 is 0 Å². The zero-order valence-electron chi connectivity index (χ0n) is 11.0. The number of H-pyrrole nitrogens is 1. The van der Waals surface area contributed by atoms with Gasteiger partial charge < -0.3 is 10.6 Å². The van der Waals surface area contributed by atoms with Crippen molar-refractivity contribution in [1.82, 2.24) is 15.5 Å². The van der Waals surface area contributed by atoms with Crippen molar-refractivity contribution >= 4 is 21.4 Å². The molecule has 7 nitrogen and oxygen atoms in total. The summed E-state index contributed by atoms with van der Waals surface area (Å²) in [5.74, 6) is -0.0448. The van der Waals surface area contributed by atoms with Gasteiger partial charge in [-0.25, -0.2) is 8.42 Å². The van der Waals surface area contributed by atoms with Crippen molar-refractivity contribution < 1.29 is 13.2 Å². The highest BCUT2D eigenvalue weighted by atomic mass is 32.2. The minimum absolute atomic E-state index is 0.0176. The number of hydrogen-bond donors (Lipinski definition) is 3. The third kappa shape index (κ3) is 3.54. The maximum absolute atomic E-state index is 11.9. The fourth-order valence-corrected chi connectivity index (χ4v) is 3.59. The van der Waals surface area contributed by atoms with Crippen LogP contribution < -0.4 is 10.6 Å². The zero-order valence-corrected chi connectivity index (χ0v) is 11.8. The van der Waals surface area contributed by atoms with Gasteiger partial charge in [0.25, 0.3) is 0 Å². The largest absolute Gasteiger partial charge is 0.323 e. The Morgan fingerprint density at radius 2 is 2.21 bits per heavy atom. The van der Waals surface area contributed by atoms with E-state index in [1.54, 1.807) is 6.92 Å². The SMILES string of the molecule is Cc1n[nH]c(C)c1NC(=O)CC1CS(=O)(=O)CCN1. The number of sulfone groups is 1. The molecule has 1 aliphatic heterocycles. The molecule has 1 fully saturated rings. The van der Waals surface area contributed by atoms with Crippen molar-refractivity contribution in [1.29, 1.82) is 0 Å². The molecule has 1 aromatic rings. The molecule has 0 saturated carbocycles. The van der Waals surface area contributed by atoms with Gasteiger partial charge in [0.15, 0.2) is 9.84 Å². The first kappa shape index (κ1) is 14.0. The van der Waals surface area contributed by atoms with Crippen LogP contribution in [-0.4, -0.2) is 48.6 Å². The van der Waals surface area contributed by atoms with E-state index in [2.05, 4.69) is 20.8 Å². The molecule has 1 atom stereocenters. The number of carbonyl (C=O) groups is 1. The molecule has 3 N–H and O–H groups in total. The number of amides is 1. The summed E-state index contributed by atoms with van der Waals surface area (Å²) in [6.45, 7) is 4.02. The zero-order chi connectivity index (χ0) is 14.0. The molecule has 2 rings (SSSR count). The van der Waals surface area contributed by atoms with Crippen molar-refractivity contribution in [3.63, 3.8) is 0 Å². The van der Waals surface area contributed by atoms with Crippen molar-refractivity contribution in [2.45, 2.75) is 26.3 Å². The monoisotopic (exact) mass is 286 g/mol. The lowest BCUT2D eigenvalue weighted by Gasteiger charge is -2.23. The van der Waals surface area contributed by atoms with Crippen LogP contribution in [0.4, 0.5) is 5.69 Å². The lowest BCUT2D eigenvalue weighted by atomic mass is 10.2. The van der Waals surface area contributed by atoms with Crippen LogP contribution in [0.15, 0.2) is 0 Å². The second kappa shape index (κ2) is 5.30. The van der Waals surface area contributed by atoms with Crippen molar-refractivity contribution in [3.05, 3.63) is 11.4 Å². The molecule has 1 unspecified atom stereocenters. The molecule has 19 heavy (non-hydrogen) atoms. The third-order valence-electron chi connectivity index (χ3n) is 3.13. The van der Waals surface area contributed by atoms with E-state index in [0.29, 0.717) is 12.2 Å². The molecular weight excluding hydrogens is 268 g/mol. The van der Waals surface area contributed by atoms with Gasteiger partial charge in [-0.15, -0.1) is 0 Å². The smallest absolute Gasteiger partial charge is 0.226 e. The van der Waals surface area contributed by atoms with Gasteiger partial charge in [0, 0.05) is 19.0 Å². The molecule has 1 aromatic heterocycles. The van der Waals surface area contributed by atoms with Crippen LogP contribution in [0.25, 0.3) is 0 Å². The number of aryl methyl sites for hydroxylation is 2. The van der Waals surface area contributed by atoms with Crippen molar-refractivity contribution in [2.75, 3.05) is 23.4 Å². The van der Waals surface area contributed by atoms with E-state index < -0.39 is 9.84 Å². The van der Waals surface area contributed by atoms with Gasteiger partial charge in [0.1, 0.15) is 0 Å². The predicted octanol–water partition coefficient (Wildman–Crippen LogP) is -0.258. The fourth-order valence-electron chi connectivity index (χ4n) is 2.15. The first-order chi connectivity index (χ1) is 8.87. The Hall–Kier alpha value is -1.41. The van der Waals surface area contributed by atoms with Crippen LogP contribution in [0.2, 0.25) is 0 Å². The quantitative estimate of drug-likeness (QED) is 0.710. The maximum atomic E-state index is 11.9. The number of nitrogens with zero attached hydrogens (tertiary/aromatic N) is 1. The van der Waals surface area contributed by atoms with E-state index in [0.717, 1.165) is 11.4 Å². The molecule has 106 valence electrons. The Bertz CT molecular complexity index is 559. The summed E-state index contributed by atoms with van der Waals surface area (Å²) in [4.78, 5) is 11.9. The van der Waals surface area contributed by atoms with Crippen molar-refractivity contribution in [3.8, 4) is 0 Å². The lowest BCUT2D eigenvalue weighted by Crippen LogP contribution is -2.46. The first-order valence-electron chi connectivity index (χ1n) is 6.12. The third-order valence-corrected chi connectivity index (χ3v) is 4.86. The number of carbonyl (C=O) groups excluding carboxylic acids is 1. The van der Waals surface area contributed by atoms with Gasteiger partial charge >= 0.3 is 0 Å². The normalized spacial score (nSPS) is 22.1. The summed E-state index contributed by atoms with van der Waals surface area (Å²) in [6.07, 6.45) is 0.142. The fraction of sp³-hybridized carbons (Fsp3) is 0.636. The summed E-state index contributed by atoms with van der Waals surface area (Å²) < 4.78 is 23.0. The Morgan fingerprint density at radius 1 is 1.47 bits per heavy atom. The topological polar surface area (TPSA) is 104 Å². The number of nitrogens with one attached hydrogen (secondary N) is 3. The summed E-state index contributed by atoms with van der Waals surface area (Å²) in [7, 11) is -3.02. The predicted molar refractivity (Wildman–Crippen MR) is 71.8 cm³/mol. The van der Waals surface area contributed by atoms with Crippen LogP contribution in [0, 0.1) is 13.8 Å². The first-order valence-corrected chi connectivity index (χ1v) is 7.95. The standard InChI is InChI=1S/C11H18N4O3S/c1-7-11(8(2)15-14-7)13-10(16)5-9-6-19(17,18)4-3-12-9/h9,12H,3-6H2,1-2H3,(H,13,16)(H,14,15). The Balaban J connectivity index is 1.95. The average Bonchev–Trinajstić information content (AvgIpc) is 2.59. The molecule has 2 heterocycles. The Morgan fingerprint density at radius 3 is 2.79 bits per heavy atom. The van der Waals surface area contributed by atoms with E-state index in [-0.39, 0.29) is 29.9 Å². The Labute approximate surface area is 112 Å². The number of anilines is 1. The van der Waals surface area contributed by atoms with E-state index in [4.69, 9.17) is 0 Å². The van der Waals surface area contributed by atoms with Gasteiger partial charge in [-0.3, -0.25) is 9.89 Å². The van der Waals surface area contributed by atoms with Gasteiger partial charge in [0.05, 0.1) is 28.6 Å². The average molecular weight is 286 g/mol. The number of aromatic nitrogens is 2. The van der Waals surface area contributed by atoms with Gasteiger partial charge in [-0.05, 0) is 13.8 Å². The van der Waals surface area contributed by atoms with Gasteiger partial charge in [0.2, 0.25) is 5.91 Å². The molecule has 0 spiro atoms. The molecule has 0 aliphatic carbocycles. The van der Waals surface area contributed by atoms with E-state index in [9.17, 15) is 13.2 Å². The van der Waals surface area contributed by atoms with Crippen LogP contribution in [0.5, 0.6) is 0 Å². The summed E-state index contributed by atoms with van der Waals surface area (Å²) >= 11 is 0. The summed E-state index contributed by atoms with van der Waals surface area (Å²) in [5.41, 5.74) is 2.17. The van der Waals surface area contributed by atoms with Crippen LogP contribution in [0.1, 0.15) is 17.8 Å². The molecule has 1 aliphatic rings. The summed E-state index contributed by atoms with van der Waals surface area (Å²) in [6, 6.07) is -0.314. The van der Waals surface area contributed by atoms with E-state index in [1.165, 1.54) is 0 Å². The molecule has 1 amide bonds. The van der Waals surface area contributed by atoms with Crippen molar-refractivity contribution in [2.24, 2.45) is 0 Å². The molecule has 1 saturated heterocycles. The highest BCUT2D eigenvalue weighted by Gasteiger charge is 2.26. The molecule has 8 heteroatoms. The van der Waals surface area contributed by atoms with Crippen LogP contribution >= 0.6 is 0 Å². The molecule has 0 bridgehead atoms. The summed E-state index contributed by atoms with van der Waals surface area (Å²) in [5, 5.41) is 12.6. The number of rotatable bonds is 3. The molecular formula is C11H18N4O3S. The maximum Gasteiger partial charge on any atom is 0.226 e. The molecule has 0 aromatic carbocycles. The van der Waals surface area contributed by atoms with Gasteiger partial charge in [-0.2, -0.15) is 5.10 Å². The number of aromatic amines is 1. The molecule has 0 radical (unpaired) electrons.